The zero-order valence-electron chi connectivity index (χ0n) is 15.4. The Bertz CT molecular complexity index is 989. The van der Waals surface area contributed by atoms with E-state index in [2.05, 4.69) is 5.10 Å². The molecule has 0 radical (unpaired) electrons. The van der Waals surface area contributed by atoms with E-state index < -0.39 is 15.4 Å². The summed E-state index contributed by atoms with van der Waals surface area (Å²) in [6.45, 7) is 5.89. The molecule has 0 spiro atoms. The highest BCUT2D eigenvalue weighted by molar-refractivity contribution is 7.92. The van der Waals surface area contributed by atoms with Gasteiger partial charge in [0.15, 0.2) is 0 Å². The Balaban J connectivity index is 2.15. The van der Waals surface area contributed by atoms with Gasteiger partial charge in [-0.15, -0.1) is 0 Å². The van der Waals surface area contributed by atoms with Gasteiger partial charge in [0.25, 0.3) is 10.0 Å². The Labute approximate surface area is 154 Å². The van der Waals surface area contributed by atoms with Crippen LogP contribution in [0.2, 0.25) is 0 Å². The molecule has 26 heavy (non-hydrogen) atoms. The second kappa shape index (κ2) is 6.61. The predicted molar refractivity (Wildman–Crippen MR) is 104 cm³/mol. The van der Waals surface area contributed by atoms with Crippen LogP contribution in [0.5, 0.6) is 0 Å². The average molecular weight is 369 g/mol. The van der Waals surface area contributed by atoms with E-state index in [0.717, 1.165) is 5.69 Å². The Kier molecular flexibility index (Phi) is 4.63. The first-order chi connectivity index (χ1) is 12.2. The molecule has 0 atom stereocenters. The summed E-state index contributed by atoms with van der Waals surface area (Å²) in [7, 11) is -2.18. The van der Waals surface area contributed by atoms with Gasteiger partial charge in [0, 0.05) is 12.5 Å². The summed E-state index contributed by atoms with van der Waals surface area (Å²) >= 11 is 0. The minimum Gasteiger partial charge on any atom is -0.269 e. The van der Waals surface area contributed by atoms with Gasteiger partial charge in [0.2, 0.25) is 0 Å². The molecule has 0 aliphatic carbocycles. The lowest BCUT2D eigenvalue weighted by Gasteiger charge is -2.22. The Morgan fingerprint density at radius 3 is 2.00 bits per heavy atom. The molecule has 1 aromatic heterocycles. The lowest BCUT2D eigenvalue weighted by Crippen LogP contribution is -2.28. The molecular weight excluding hydrogens is 346 g/mol. The van der Waals surface area contributed by atoms with Gasteiger partial charge in [-0.05, 0) is 24.3 Å². The fourth-order valence-electron chi connectivity index (χ4n) is 2.70. The van der Waals surface area contributed by atoms with Crippen molar-refractivity contribution in [1.82, 2.24) is 9.78 Å². The van der Waals surface area contributed by atoms with Crippen molar-refractivity contribution in [3.63, 3.8) is 0 Å². The van der Waals surface area contributed by atoms with Gasteiger partial charge in [0.05, 0.1) is 23.3 Å². The number of nitrogens with zero attached hydrogens (tertiary/aromatic N) is 3. The van der Waals surface area contributed by atoms with Gasteiger partial charge in [-0.1, -0.05) is 57.2 Å². The molecular formula is C20H23N3O2S. The predicted octanol–water partition coefficient (Wildman–Crippen LogP) is 3.99. The third-order valence-electron chi connectivity index (χ3n) is 4.17. The molecule has 0 saturated heterocycles. The lowest BCUT2D eigenvalue weighted by atomic mass is 9.92. The second-order valence-electron chi connectivity index (χ2n) is 7.18. The number of anilines is 1. The van der Waals surface area contributed by atoms with Crippen molar-refractivity contribution in [2.45, 2.75) is 31.1 Å². The quantitative estimate of drug-likeness (QED) is 0.699. The zero-order valence-corrected chi connectivity index (χ0v) is 16.2. The summed E-state index contributed by atoms with van der Waals surface area (Å²) in [4.78, 5) is 0.222. The highest BCUT2D eigenvalue weighted by atomic mass is 32.2. The number of benzene rings is 2. The summed E-state index contributed by atoms with van der Waals surface area (Å²) < 4.78 is 29.6. The van der Waals surface area contributed by atoms with E-state index in [4.69, 9.17) is 0 Å². The molecule has 136 valence electrons. The van der Waals surface area contributed by atoms with Gasteiger partial charge >= 0.3 is 0 Å². The minimum absolute atomic E-state index is 0.222. The first-order valence-electron chi connectivity index (χ1n) is 8.41. The lowest BCUT2D eigenvalue weighted by molar-refractivity contribution is 0.542. The maximum absolute atomic E-state index is 13.3. The maximum atomic E-state index is 13.3. The molecule has 0 aliphatic rings. The minimum atomic E-state index is -3.74. The molecule has 6 heteroatoms. The summed E-state index contributed by atoms with van der Waals surface area (Å²) in [5, 5.41) is 4.60. The first-order valence-corrected chi connectivity index (χ1v) is 9.85. The van der Waals surface area contributed by atoms with Crippen LogP contribution in [0, 0.1) is 0 Å². The number of para-hydroxylation sites is 2. The highest BCUT2D eigenvalue weighted by Crippen LogP contribution is 2.31. The molecule has 3 rings (SSSR count). The molecule has 0 saturated carbocycles. The summed E-state index contributed by atoms with van der Waals surface area (Å²) in [6.07, 6.45) is 1.60. The molecule has 2 aromatic carbocycles. The molecule has 1 heterocycles. The molecule has 0 amide bonds. The molecule has 0 bridgehead atoms. The third-order valence-corrected chi connectivity index (χ3v) is 5.96. The fourth-order valence-corrected chi connectivity index (χ4v) is 4.22. The monoisotopic (exact) mass is 369 g/mol. The van der Waals surface area contributed by atoms with Gasteiger partial charge in [0.1, 0.15) is 4.90 Å². The van der Waals surface area contributed by atoms with E-state index in [-0.39, 0.29) is 4.90 Å². The van der Waals surface area contributed by atoms with E-state index in [9.17, 15) is 8.42 Å². The van der Waals surface area contributed by atoms with Crippen molar-refractivity contribution in [2.75, 3.05) is 11.4 Å². The Hall–Kier alpha value is -2.60. The van der Waals surface area contributed by atoms with Crippen LogP contribution in [-0.4, -0.2) is 25.2 Å². The molecule has 0 fully saturated rings. The molecule has 3 aromatic rings. The topological polar surface area (TPSA) is 55.2 Å². The number of rotatable bonds is 4. The van der Waals surface area contributed by atoms with Crippen LogP contribution in [0.1, 0.15) is 26.5 Å². The van der Waals surface area contributed by atoms with Crippen LogP contribution in [0.25, 0.3) is 5.69 Å². The van der Waals surface area contributed by atoms with Gasteiger partial charge < -0.3 is 0 Å². The van der Waals surface area contributed by atoms with Crippen LogP contribution in [0.3, 0.4) is 0 Å². The zero-order chi connectivity index (χ0) is 18.9. The molecule has 0 N–H and O–H groups in total. The normalized spacial score (nSPS) is 12.2. The number of hydrogen-bond acceptors (Lipinski definition) is 3. The van der Waals surface area contributed by atoms with Crippen molar-refractivity contribution < 1.29 is 8.42 Å². The van der Waals surface area contributed by atoms with E-state index in [1.807, 2.05) is 69.3 Å². The van der Waals surface area contributed by atoms with Crippen LogP contribution >= 0.6 is 0 Å². The van der Waals surface area contributed by atoms with E-state index in [0.29, 0.717) is 11.4 Å². The number of aromatic nitrogens is 2. The average Bonchev–Trinajstić information content (AvgIpc) is 3.09. The van der Waals surface area contributed by atoms with Crippen molar-refractivity contribution in [2.24, 2.45) is 0 Å². The molecule has 5 nitrogen and oxygen atoms in total. The van der Waals surface area contributed by atoms with Crippen LogP contribution < -0.4 is 4.31 Å². The summed E-state index contributed by atoms with van der Waals surface area (Å²) in [5.41, 5.74) is 1.56. The van der Waals surface area contributed by atoms with E-state index in [1.54, 1.807) is 30.1 Å². The third kappa shape index (κ3) is 3.37. The molecule has 0 unspecified atom stereocenters. The van der Waals surface area contributed by atoms with Crippen molar-refractivity contribution in [3.05, 3.63) is 72.6 Å². The van der Waals surface area contributed by atoms with Crippen molar-refractivity contribution in [1.29, 1.82) is 0 Å². The summed E-state index contributed by atoms with van der Waals surface area (Å²) in [5.74, 6) is 0. The van der Waals surface area contributed by atoms with Gasteiger partial charge in [-0.2, -0.15) is 5.10 Å². The number of sulfonamides is 1. The number of hydrogen-bond donors (Lipinski definition) is 0. The maximum Gasteiger partial charge on any atom is 0.267 e. The van der Waals surface area contributed by atoms with Crippen LogP contribution in [0.15, 0.2) is 71.8 Å². The van der Waals surface area contributed by atoms with E-state index in [1.165, 1.54) is 4.31 Å². The van der Waals surface area contributed by atoms with Crippen LogP contribution in [0.4, 0.5) is 5.69 Å². The largest absolute Gasteiger partial charge is 0.269 e. The van der Waals surface area contributed by atoms with Gasteiger partial charge in [-0.25, -0.2) is 13.1 Å². The van der Waals surface area contributed by atoms with Gasteiger partial charge in [-0.3, -0.25) is 4.31 Å². The Morgan fingerprint density at radius 1 is 0.923 bits per heavy atom. The molecule has 0 aliphatic heterocycles. The van der Waals surface area contributed by atoms with Crippen molar-refractivity contribution in [3.8, 4) is 5.69 Å². The van der Waals surface area contributed by atoms with Crippen LogP contribution in [-0.2, 0) is 15.4 Å². The summed E-state index contributed by atoms with van der Waals surface area (Å²) in [6, 6.07) is 18.6. The van der Waals surface area contributed by atoms with Crippen molar-refractivity contribution >= 4 is 15.7 Å². The first kappa shape index (κ1) is 18.2. The second-order valence-corrected chi connectivity index (χ2v) is 9.12. The SMILES string of the molecule is CN(c1ccccc1)S(=O)(=O)c1cn(-c2ccccc2)nc1C(C)(C)C. The smallest absolute Gasteiger partial charge is 0.267 e. The fraction of sp³-hybridized carbons (Fsp3) is 0.250. The highest BCUT2D eigenvalue weighted by Gasteiger charge is 2.33. The van der Waals surface area contributed by atoms with E-state index >= 15 is 0 Å². The standard InChI is InChI=1S/C20H23N3O2S/c1-20(2,3)19-18(15-23(21-19)17-13-9-6-10-14-17)26(24,25)22(4)16-11-7-5-8-12-16/h5-15H,1-4H3. The Morgan fingerprint density at radius 2 is 1.46 bits per heavy atom.